The second-order valence-corrected chi connectivity index (χ2v) is 17.5. The Morgan fingerprint density at radius 1 is 0.483 bits per heavy atom. The molecule has 0 radical (unpaired) electrons. The van der Waals surface area contributed by atoms with Gasteiger partial charge in [0, 0.05) is 12.8 Å². The van der Waals surface area contributed by atoms with E-state index in [0.717, 1.165) is 64.2 Å². The average Bonchev–Trinajstić information content (AvgIpc) is 3.22. The van der Waals surface area contributed by atoms with Crippen molar-refractivity contribution >= 4 is 11.9 Å². The summed E-state index contributed by atoms with van der Waals surface area (Å²) in [4.78, 5) is 24.5. The van der Waals surface area contributed by atoms with Gasteiger partial charge in [0.2, 0.25) is 5.91 Å². The normalized spacial score (nSPS) is 12.8. The molecule has 0 aliphatic heterocycles. The molecule has 6 heteroatoms. The van der Waals surface area contributed by atoms with Gasteiger partial charge in [0.05, 0.1) is 25.4 Å². The number of aliphatic hydroxyl groups excluding tert-OH is 2. The highest BCUT2D eigenvalue weighted by molar-refractivity contribution is 5.76. The van der Waals surface area contributed by atoms with Gasteiger partial charge in [0.1, 0.15) is 0 Å². The van der Waals surface area contributed by atoms with Gasteiger partial charge in [-0.05, 0) is 57.8 Å². The SMILES string of the molecule is CCCCC/C=C\C/C=C\CCCCCCCCCC(=O)OCCCCCCCCCCCC(=O)NC(CO)C(O)CCCCCCCCCCCCCCCCC. The minimum Gasteiger partial charge on any atom is -0.466 e. The van der Waals surface area contributed by atoms with E-state index < -0.39 is 12.1 Å². The maximum atomic E-state index is 12.4. The molecule has 0 saturated heterocycles. The molecule has 0 rings (SSSR count). The number of esters is 1. The maximum absolute atomic E-state index is 12.4. The Morgan fingerprint density at radius 3 is 1.34 bits per heavy atom. The molecule has 0 spiro atoms. The van der Waals surface area contributed by atoms with E-state index >= 15 is 0 Å². The van der Waals surface area contributed by atoms with Crippen LogP contribution in [0.1, 0.15) is 271 Å². The Kier molecular flexibility index (Phi) is 46.6. The number of nitrogens with one attached hydrogen (secondary N) is 1. The lowest BCUT2D eigenvalue weighted by Gasteiger charge is -2.22. The van der Waals surface area contributed by atoms with E-state index in [1.54, 1.807) is 0 Å². The van der Waals surface area contributed by atoms with Crippen LogP contribution in [-0.2, 0) is 14.3 Å². The quantitative estimate of drug-likeness (QED) is 0.0323. The largest absolute Gasteiger partial charge is 0.466 e. The van der Waals surface area contributed by atoms with E-state index in [4.69, 9.17) is 4.74 Å². The van der Waals surface area contributed by atoms with Gasteiger partial charge in [0.15, 0.2) is 0 Å². The number of ether oxygens (including phenoxy) is 1. The van der Waals surface area contributed by atoms with Crippen LogP contribution in [0.2, 0.25) is 0 Å². The molecule has 0 aliphatic rings. The van der Waals surface area contributed by atoms with Crippen molar-refractivity contribution in [1.82, 2.24) is 5.32 Å². The lowest BCUT2D eigenvalue weighted by molar-refractivity contribution is -0.143. The van der Waals surface area contributed by atoms with Crippen molar-refractivity contribution in [2.75, 3.05) is 13.2 Å². The van der Waals surface area contributed by atoms with Crippen LogP contribution >= 0.6 is 0 Å². The summed E-state index contributed by atoms with van der Waals surface area (Å²) in [5.74, 6) is -0.0954. The summed E-state index contributed by atoms with van der Waals surface area (Å²) in [7, 11) is 0. The number of allylic oxidation sites excluding steroid dienone is 4. The Balaban J connectivity index is 3.49. The summed E-state index contributed by atoms with van der Waals surface area (Å²) in [6, 6.07) is -0.562. The van der Waals surface area contributed by atoms with Crippen molar-refractivity contribution in [3.05, 3.63) is 24.3 Å². The molecule has 0 saturated carbocycles. The Hall–Kier alpha value is -1.66. The van der Waals surface area contributed by atoms with Gasteiger partial charge >= 0.3 is 5.97 Å². The van der Waals surface area contributed by atoms with Gasteiger partial charge in [-0.15, -0.1) is 0 Å². The summed E-state index contributed by atoms with van der Waals surface area (Å²) in [6.07, 6.45) is 55.7. The minimum atomic E-state index is -0.682. The number of aliphatic hydroxyl groups is 2. The molecule has 3 N–H and O–H groups in total. The maximum Gasteiger partial charge on any atom is 0.305 e. The zero-order valence-electron chi connectivity index (χ0n) is 38.8. The lowest BCUT2D eigenvalue weighted by Crippen LogP contribution is -2.45. The molecule has 342 valence electrons. The fraction of sp³-hybridized carbons (Fsp3) is 0.885. The Labute approximate surface area is 361 Å². The van der Waals surface area contributed by atoms with Crippen LogP contribution in [0.25, 0.3) is 0 Å². The van der Waals surface area contributed by atoms with E-state index in [2.05, 4.69) is 43.5 Å². The van der Waals surface area contributed by atoms with E-state index in [0.29, 0.717) is 25.9 Å². The number of amides is 1. The van der Waals surface area contributed by atoms with Crippen molar-refractivity contribution in [2.24, 2.45) is 0 Å². The van der Waals surface area contributed by atoms with Crippen LogP contribution in [0, 0.1) is 0 Å². The van der Waals surface area contributed by atoms with Gasteiger partial charge in [0.25, 0.3) is 0 Å². The summed E-state index contributed by atoms with van der Waals surface area (Å²) in [5, 5.41) is 23.2. The van der Waals surface area contributed by atoms with E-state index in [1.165, 1.54) is 173 Å². The first kappa shape index (κ1) is 56.3. The Bertz CT molecular complexity index is 904. The first-order valence-corrected chi connectivity index (χ1v) is 25.6. The molecule has 0 bridgehead atoms. The summed E-state index contributed by atoms with van der Waals surface area (Å²) in [5.41, 5.74) is 0. The lowest BCUT2D eigenvalue weighted by atomic mass is 10.0. The summed E-state index contributed by atoms with van der Waals surface area (Å²) < 4.78 is 5.45. The van der Waals surface area contributed by atoms with Crippen molar-refractivity contribution < 1.29 is 24.5 Å². The molecule has 2 unspecified atom stereocenters. The van der Waals surface area contributed by atoms with Gasteiger partial charge in [-0.1, -0.05) is 224 Å². The van der Waals surface area contributed by atoms with Crippen LogP contribution in [0.3, 0.4) is 0 Å². The molecule has 0 aromatic carbocycles. The Morgan fingerprint density at radius 2 is 0.862 bits per heavy atom. The molecule has 0 aliphatic carbocycles. The van der Waals surface area contributed by atoms with Crippen molar-refractivity contribution in [3.63, 3.8) is 0 Å². The second-order valence-electron chi connectivity index (χ2n) is 17.5. The van der Waals surface area contributed by atoms with Crippen LogP contribution in [0.15, 0.2) is 24.3 Å². The van der Waals surface area contributed by atoms with Crippen LogP contribution < -0.4 is 5.32 Å². The number of rotatable bonds is 47. The second kappa shape index (κ2) is 48.0. The van der Waals surface area contributed by atoms with Gasteiger partial charge in [-0.2, -0.15) is 0 Å². The number of hydrogen-bond acceptors (Lipinski definition) is 5. The molecule has 58 heavy (non-hydrogen) atoms. The number of carbonyl (C=O) groups excluding carboxylic acids is 2. The molecule has 0 heterocycles. The molecule has 0 aromatic rings. The van der Waals surface area contributed by atoms with Crippen LogP contribution in [0.4, 0.5) is 0 Å². The zero-order chi connectivity index (χ0) is 42.3. The van der Waals surface area contributed by atoms with Gasteiger partial charge in [-0.3, -0.25) is 9.59 Å². The smallest absolute Gasteiger partial charge is 0.305 e. The number of unbranched alkanes of at least 4 members (excludes halogenated alkanes) is 32. The van der Waals surface area contributed by atoms with E-state index in [1.807, 2.05) is 0 Å². The first-order valence-electron chi connectivity index (χ1n) is 25.6. The predicted molar refractivity (Wildman–Crippen MR) is 250 cm³/mol. The summed E-state index contributed by atoms with van der Waals surface area (Å²) >= 11 is 0. The molecule has 6 nitrogen and oxygen atoms in total. The van der Waals surface area contributed by atoms with E-state index in [9.17, 15) is 19.8 Å². The first-order chi connectivity index (χ1) is 28.5. The standard InChI is InChI=1S/C52H99NO5/c1-3-5-7-9-11-13-15-17-19-20-22-24-26-30-34-38-42-46-52(57)58-47-43-39-35-31-27-29-33-37-41-45-51(56)53-49(48-54)50(55)44-40-36-32-28-25-23-21-18-16-14-12-10-8-6-4-2/h11,13,17,19,49-50,54-55H,3-10,12,14-16,18,20-48H2,1-2H3,(H,53,56)/b13-11-,19-17-. The zero-order valence-corrected chi connectivity index (χ0v) is 38.8. The molecule has 1 amide bonds. The van der Waals surface area contributed by atoms with Gasteiger partial charge in [-0.25, -0.2) is 0 Å². The highest BCUT2D eigenvalue weighted by Crippen LogP contribution is 2.16. The van der Waals surface area contributed by atoms with E-state index in [-0.39, 0.29) is 18.5 Å². The molecule has 2 atom stereocenters. The fourth-order valence-electron chi connectivity index (χ4n) is 7.79. The third-order valence-electron chi connectivity index (χ3n) is 11.8. The molecule has 0 aromatic heterocycles. The molecule has 0 fully saturated rings. The third kappa shape index (κ3) is 43.9. The summed E-state index contributed by atoms with van der Waals surface area (Å²) in [6.45, 7) is 4.86. The fourth-order valence-corrected chi connectivity index (χ4v) is 7.79. The molecular weight excluding hydrogens is 719 g/mol. The van der Waals surface area contributed by atoms with Crippen molar-refractivity contribution in [3.8, 4) is 0 Å². The molecular formula is C52H99NO5. The topological polar surface area (TPSA) is 95.9 Å². The van der Waals surface area contributed by atoms with Crippen LogP contribution in [-0.4, -0.2) is 47.4 Å². The van der Waals surface area contributed by atoms with Crippen LogP contribution in [0.5, 0.6) is 0 Å². The van der Waals surface area contributed by atoms with Crippen molar-refractivity contribution in [2.45, 2.75) is 283 Å². The highest BCUT2D eigenvalue weighted by atomic mass is 16.5. The average molecular weight is 818 g/mol. The third-order valence-corrected chi connectivity index (χ3v) is 11.8. The number of carbonyl (C=O) groups is 2. The highest BCUT2D eigenvalue weighted by Gasteiger charge is 2.20. The van der Waals surface area contributed by atoms with Crippen molar-refractivity contribution in [1.29, 1.82) is 0 Å². The number of hydrogen-bond donors (Lipinski definition) is 3. The monoisotopic (exact) mass is 818 g/mol. The van der Waals surface area contributed by atoms with Gasteiger partial charge < -0.3 is 20.3 Å². The predicted octanol–water partition coefficient (Wildman–Crippen LogP) is 15.1. The minimum absolute atomic E-state index is 0.0327.